The molecule has 2 aromatic carbocycles. The van der Waals surface area contributed by atoms with Crippen LogP contribution in [0.4, 0.5) is 0 Å². The maximum absolute atomic E-state index is 14.2. The minimum absolute atomic E-state index is 0.110. The Morgan fingerprint density at radius 2 is 1.55 bits per heavy atom. The summed E-state index contributed by atoms with van der Waals surface area (Å²) in [6, 6.07) is 14.4. The largest absolute Gasteiger partial charge is 0.462 e. The van der Waals surface area contributed by atoms with E-state index in [9.17, 15) is 34.8 Å². The molecule has 0 radical (unpaired) electrons. The molecule has 4 unspecified atom stereocenters. The molecule has 3 aliphatic carbocycles. The van der Waals surface area contributed by atoms with Gasteiger partial charge >= 0.3 is 23.9 Å². The highest BCUT2D eigenvalue weighted by Gasteiger charge is 2.91. The summed E-state index contributed by atoms with van der Waals surface area (Å²) in [5.41, 5.74) is -6.03. The number of aliphatic hydroxyl groups is 4. The number of rotatable bonds is 8. The van der Waals surface area contributed by atoms with Gasteiger partial charge in [0.2, 0.25) is 0 Å². The van der Waals surface area contributed by atoms with Gasteiger partial charge in [0, 0.05) is 24.7 Å². The van der Waals surface area contributed by atoms with E-state index in [1.165, 1.54) is 31.2 Å². The Bertz CT molecular complexity index is 2030. The van der Waals surface area contributed by atoms with Crippen molar-refractivity contribution in [2.45, 2.75) is 132 Å². The van der Waals surface area contributed by atoms with Crippen LogP contribution >= 0.6 is 0 Å². The summed E-state index contributed by atoms with van der Waals surface area (Å²) in [6.07, 6.45) is -2.03. The van der Waals surface area contributed by atoms with Gasteiger partial charge in [-0.3, -0.25) is 4.79 Å². The van der Waals surface area contributed by atoms with Gasteiger partial charge in [-0.25, -0.2) is 9.59 Å². The minimum atomic E-state index is -2.36. The number of carbonyl (C=O) groups excluding carboxylic acids is 3. The van der Waals surface area contributed by atoms with E-state index < -0.39 is 113 Å². The number of esters is 3. The van der Waals surface area contributed by atoms with Gasteiger partial charge in [0.15, 0.2) is 0 Å². The summed E-state index contributed by atoms with van der Waals surface area (Å²) < 4.78 is 45.6. The van der Waals surface area contributed by atoms with Gasteiger partial charge < -0.3 is 53.6 Å². The van der Waals surface area contributed by atoms with E-state index in [0.717, 1.165) is 25.7 Å². The van der Waals surface area contributed by atoms with Crippen LogP contribution in [0.15, 0.2) is 66.7 Å². The molecule has 4 aliphatic heterocycles. The molecule has 4 heterocycles. The average molecular weight is 833 g/mol. The molecule has 9 rings (SSSR count). The second kappa shape index (κ2) is 14.7. The van der Waals surface area contributed by atoms with E-state index in [4.69, 9.17) is 33.2 Å². The van der Waals surface area contributed by atoms with Gasteiger partial charge in [-0.2, -0.15) is 0 Å². The third kappa shape index (κ3) is 5.85. The second-order valence-electron chi connectivity index (χ2n) is 18.5. The van der Waals surface area contributed by atoms with E-state index in [1.54, 1.807) is 30.3 Å². The molecular formula is C46H56O14. The summed E-state index contributed by atoms with van der Waals surface area (Å²) in [6.45, 7) is 10.5. The van der Waals surface area contributed by atoms with Gasteiger partial charge in [0.1, 0.15) is 53.1 Å². The molecule has 3 bridgehead atoms. The molecule has 3 saturated carbocycles. The Morgan fingerprint density at radius 1 is 0.867 bits per heavy atom. The van der Waals surface area contributed by atoms with Crippen molar-refractivity contribution in [1.29, 1.82) is 0 Å². The third-order valence-corrected chi connectivity index (χ3v) is 15.3. The third-order valence-electron chi connectivity index (χ3n) is 15.3. The molecule has 0 amide bonds. The highest BCUT2D eigenvalue weighted by molar-refractivity contribution is 5.90. The van der Waals surface area contributed by atoms with Crippen molar-refractivity contribution >= 4 is 17.9 Å². The topological polar surface area (TPSA) is 200 Å². The SMILES string of the molecule is C=C(C)[C@@]12CC(COC(=O)c3ccccc3)[C@@]34OC5(O[C@H]1[C@@H]3[C@@H]1O[C@]1(CO)[C@@H](O)[C@@]1(O)C4C([C@H](C)CCCCCC[C@@H]5O)[C@H](C)[C@@H]1OC(=O)c1ccc(OC(C)=O)cc1)O2. The minimum Gasteiger partial charge on any atom is -0.462 e. The van der Waals surface area contributed by atoms with Gasteiger partial charge in [-0.15, -0.1) is 0 Å². The summed E-state index contributed by atoms with van der Waals surface area (Å²) in [7, 11) is 0. The van der Waals surface area contributed by atoms with Crippen LogP contribution in [0, 0.1) is 35.5 Å². The van der Waals surface area contributed by atoms with Gasteiger partial charge in [0.25, 0.3) is 0 Å². The van der Waals surface area contributed by atoms with Crippen LogP contribution in [0.25, 0.3) is 0 Å². The molecule has 2 aromatic rings. The maximum Gasteiger partial charge on any atom is 0.338 e. The van der Waals surface area contributed by atoms with Crippen molar-refractivity contribution in [3.63, 3.8) is 0 Å². The molecule has 0 aromatic heterocycles. The smallest absolute Gasteiger partial charge is 0.338 e. The first kappa shape index (κ1) is 41.6. The molecule has 324 valence electrons. The van der Waals surface area contributed by atoms with Crippen molar-refractivity contribution in [2.24, 2.45) is 35.5 Å². The van der Waals surface area contributed by atoms with Crippen molar-refractivity contribution in [2.75, 3.05) is 13.2 Å². The molecule has 14 heteroatoms. The van der Waals surface area contributed by atoms with E-state index in [1.807, 2.05) is 13.8 Å². The summed E-state index contributed by atoms with van der Waals surface area (Å²) in [4.78, 5) is 39.6. The van der Waals surface area contributed by atoms with Crippen LogP contribution in [0.3, 0.4) is 0 Å². The average Bonchev–Trinajstić information content (AvgIpc) is 3.86. The fourth-order valence-corrected chi connectivity index (χ4v) is 12.7. The highest BCUT2D eigenvalue weighted by atomic mass is 16.9. The lowest BCUT2D eigenvalue weighted by molar-refractivity contribution is -0.459. The molecule has 4 saturated heterocycles. The fourth-order valence-electron chi connectivity index (χ4n) is 12.7. The molecule has 14 nitrogen and oxygen atoms in total. The number of hydrogen-bond donors (Lipinski definition) is 4. The monoisotopic (exact) mass is 832 g/mol. The van der Waals surface area contributed by atoms with E-state index in [-0.39, 0.29) is 36.7 Å². The maximum atomic E-state index is 14.2. The van der Waals surface area contributed by atoms with E-state index >= 15 is 0 Å². The van der Waals surface area contributed by atoms with Crippen molar-refractivity contribution in [1.82, 2.24) is 0 Å². The van der Waals surface area contributed by atoms with Gasteiger partial charge in [-0.05, 0) is 79.5 Å². The summed E-state index contributed by atoms with van der Waals surface area (Å²) in [5, 5.41) is 50.3. The zero-order valence-electron chi connectivity index (χ0n) is 34.5. The zero-order valence-corrected chi connectivity index (χ0v) is 34.5. The first-order valence-corrected chi connectivity index (χ1v) is 21.4. The van der Waals surface area contributed by atoms with E-state index in [0.29, 0.717) is 17.6 Å². The van der Waals surface area contributed by atoms with Crippen LogP contribution < -0.4 is 4.74 Å². The van der Waals surface area contributed by atoms with Gasteiger partial charge in [-0.1, -0.05) is 70.7 Å². The van der Waals surface area contributed by atoms with Crippen LogP contribution in [0.2, 0.25) is 0 Å². The lowest BCUT2D eigenvalue weighted by Crippen LogP contribution is -2.75. The number of fused-ring (bicyclic) bond motifs is 1. The summed E-state index contributed by atoms with van der Waals surface area (Å²) in [5.74, 6) is -7.75. The molecule has 7 aliphatic rings. The zero-order chi connectivity index (χ0) is 42.6. The van der Waals surface area contributed by atoms with Crippen LogP contribution in [0.5, 0.6) is 5.75 Å². The number of carbonyl (C=O) groups is 3. The Hall–Kier alpha value is -3.73. The Balaban J connectivity index is 1.24. The number of epoxide rings is 1. The first-order valence-electron chi connectivity index (χ1n) is 21.4. The highest BCUT2D eigenvalue weighted by Crippen LogP contribution is 2.75. The van der Waals surface area contributed by atoms with Crippen molar-refractivity contribution in [3.8, 4) is 5.75 Å². The predicted molar refractivity (Wildman–Crippen MR) is 210 cm³/mol. The molecule has 60 heavy (non-hydrogen) atoms. The predicted octanol–water partition coefficient (Wildman–Crippen LogP) is 4.25. The number of hydrogen-bond acceptors (Lipinski definition) is 14. The molecule has 16 atom stereocenters. The molecule has 4 N–H and O–H groups in total. The van der Waals surface area contributed by atoms with Crippen LogP contribution in [-0.2, 0) is 33.2 Å². The summed E-state index contributed by atoms with van der Waals surface area (Å²) >= 11 is 0. The standard InChI is InChI=1S/C46H56O14/c1-24(2)42-21-30(22-54-39(50)28-14-10-8-11-15-28)45-34-37(42)58-46(59-42,60-45)32(49)16-12-7-6-9-13-25(3)33-26(4)36(44(53,35(33)45)41(52)43(23-47)38(34)57-43)56-40(51)29-17-19-31(20-18-29)55-27(5)48/h8,10-11,14-15,17-20,25-26,30,32-38,41,47,49,52-53H,1,6-7,9,12-13,16,21-23H2,2-5H3/t25-,26+,30?,32+,33?,34-,35?,36+,37+,38+,41-,42+,43+,44-,45-,46?/m1/s1. The number of ether oxygens (including phenoxy) is 7. The normalized spacial score (nSPS) is 44.8. The van der Waals surface area contributed by atoms with Crippen molar-refractivity contribution in [3.05, 3.63) is 77.9 Å². The lowest BCUT2D eigenvalue weighted by Gasteiger charge is -2.62. The Labute approximate surface area is 349 Å². The Kier molecular flexibility index (Phi) is 10.2. The number of benzene rings is 2. The van der Waals surface area contributed by atoms with E-state index in [2.05, 4.69) is 13.5 Å². The molecule has 2 spiro atoms. The van der Waals surface area contributed by atoms with Crippen LogP contribution in [0.1, 0.15) is 93.4 Å². The second-order valence-corrected chi connectivity index (χ2v) is 18.5. The molecular weight excluding hydrogens is 776 g/mol. The Morgan fingerprint density at radius 3 is 2.22 bits per heavy atom. The van der Waals surface area contributed by atoms with Crippen LogP contribution in [-0.4, -0.2) is 110 Å². The molecule has 7 fully saturated rings. The van der Waals surface area contributed by atoms with Gasteiger partial charge in [0.05, 0.1) is 29.9 Å². The first-order chi connectivity index (χ1) is 28.6. The quantitative estimate of drug-likeness (QED) is 0.127. The fraction of sp³-hybridized carbons (Fsp3) is 0.630. The van der Waals surface area contributed by atoms with Crippen molar-refractivity contribution < 1.29 is 68.0 Å². The lowest BCUT2D eigenvalue weighted by atomic mass is 9.51. The number of aliphatic hydroxyl groups excluding tert-OH is 3.